The number of rotatable bonds is 5. The molecule has 3 aromatic carbocycles. The van der Waals surface area contributed by atoms with Crippen LogP contribution in [0.5, 0.6) is 5.75 Å². The predicted octanol–water partition coefficient (Wildman–Crippen LogP) is 6.97. The third-order valence-corrected chi connectivity index (χ3v) is 7.54. The summed E-state index contributed by atoms with van der Waals surface area (Å²) in [5.74, 6) is -0.776. The Balaban J connectivity index is 1.61. The molecule has 2 amide bonds. The summed E-state index contributed by atoms with van der Waals surface area (Å²) in [5.41, 5.74) is 0.993. The van der Waals surface area contributed by atoms with E-state index in [9.17, 15) is 22.8 Å². The Morgan fingerprint density at radius 2 is 1.66 bits per heavy atom. The quantitative estimate of drug-likeness (QED) is 0.394. The molecule has 38 heavy (non-hydrogen) atoms. The SMILES string of the molecule is COc1ccc([C@H]2[C@@H](C(=O)Nc3cccc(C(F)(F)F)c3)c3ccccc3C(=O)N2C2CCCCC2)cc1. The molecule has 0 spiro atoms. The van der Waals surface area contributed by atoms with E-state index >= 15 is 0 Å². The Kier molecular flexibility index (Phi) is 7.15. The zero-order valence-corrected chi connectivity index (χ0v) is 21.0. The molecular formula is C30H29F3N2O3. The third-order valence-electron chi connectivity index (χ3n) is 7.54. The Bertz CT molecular complexity index is 1320. The highest BCUT2D eigenvalue weighted by atomic mass is 19.4. The topological polar surface area (TPSA) is 58.6 Å². The van der Waals surface area contributed by atoms with Gasteiger partial charge in [0.25, 0.3) is 5.91 Å². The van der Waals surface area contributed by atoms with E-state index in [0.29, 0.717) is 16.9 Å². The van der Waals surface area contributed by atoms with Crippen molar-refractivity contribution in [2.75, 3.05) is 12.4 Å². The van der Waals surface area contributed by atoms with Gasteiger partial charge in [-0.15, -0.1) is 0 Å². The summed E-state index contributed by atoms with van der Waals surface area (Å²) in [4.78, 5) is 29.8. The second-order valence-electron chi connectivity index (χ2n) is 9.85. The maximum atomic E-state index is 14.0. The van der Waals surface area contributed by atoms with Crippen LogP contribution in [0.15, 0.2) is 72.8 Å². The molecule has 2 atom stereocenters. The second kappa shape index (κ2) is 10.5. The van der Waals surface area contributed by atoms with Gasteiger partial charge in [0, 0.05) is 17.3 Å². The molecule has 0 aromatic heterocycles. The van der Waals surface area contributed by atoms with Gasteiger partial charge in [0.2, 0.25) is 5.91 Å². The van der Waals surface area contributed by atoms with Crippen molar-refractivity contribution in [3.05, 3.63) is 95.1 Å². The smallest absolute Gasteiger partial charge is 0.416 e. The van der Waals surface area contributed by atoms with Gasteiger partial charge in [-0.05, 0) is 60.4 Å². The standard InChI is InChI=1S/C30H29F3N2O3/c1-38-23-16-14-19(15-17-23)27-26(28(36)34-21-9-7-8-20(18-21)30(31,32)33)24-12-5-6-13-25(24)29(37)35(27)22-10-3-2-4-11-22/h5-9,12-18,22,26-27H,2-4,10-11H2,1H3,(H,34,36)/t26-,27-/m0/s1. The van der Waals surface area contributed by atoms with E-state index in [-0.39, 0.29) is 17.6 Å². The van der Waals surface area contributed by atoms with Gasteiger partial charge >= 0.3 is 6.18 Å². The number of fused-ring (bicyclic) bond motifs is 1. The van der Waals surface area contributed by atoms with Crippen molar-refractivity contribution >= 4 is 17.5 Å². The van der Waals surface area contributed by atoms with Crippen molar-refractivity contribution in [3.63, 3.8) is 0 Å². The molecule has 0 bridgehead atoms. The summed E-state index contributed by atoms with van der Waals surface area (Å²) in [7, 11) is 1.56. The predicted molar refractivity (Wildman–Crippen MR) is 138 cm³/mol. The first-order valence-electron chi connectivity index (χ1n) is 12.8. The second-order valence-corrected chi connectivity index (χ2v) is 9.85. The lowest BCUT2D eigenvalue weighted by Gasteiger charge is -2.46. The monoisotopic (exact) mass is 522 g/mol. The van der Waals surface area contributed by atoms with Gasteiger partial charge in [-0.2, -0.15) is 13.2 Å². The maximum Gasteiger partial charge on any atom is 0.416 e. The minimum atomic E-state index is -4.53. The van der Waals surface area contributed by atoms with E-state index in [1.54, 1.807) is 43.5 Å². The average molecular weight is 523 g/mol. The number of halogens is 3. The van der Waals surface area contributed by atoms with Crippen LogP contribution in [0, 0.1) is 0 Å². The van der Waals surface area contributed by atoms with Crippen molar-refractivity contribution < 1.29 is 27.5 Å². The molecule has 5 rings (SSSR count). The van der Waals surface area contributed by atoms with E-state index in [2.05, 4.69) is 5.32 Å². The first kappa shape index (κ1) is 25.8. The van der Waals surface area contributed by atoms with Crippen molar-refractivity contribution in [2.24, 2.45) is 0 Å². The lowest BCUT2D eigenvalue weighted by Crippen LogP contribution is -2.51. The van der Waals surface area contributed by atoms with Crippen molar-refractivity contribution in [1.82, 2.24) is 4.90 Å². The van der Waals surface area contributed by atoms with E-state index in [0.717, 1.165) is 49.8 Å². The van der Waals surface area contributed by atoms with Crippen molar-refractivity contribution in [2.45, 2.75) is 56.3 Å². The normalized spacial score (nSPS) is 20.1. The number of anilines is 1. The molecule has 5 nitrogen and oxygen atoms in total. The number of hydrogen-bond acceptors (Lipinski definition) is 3. The lowest BCUT2D eigenvalue weighted by atomic mass is 9.77. The summed E-state index contributed by atoms with van der Waals surface area (Å²) in [6.45, 7) is 0. The van der Waals surface area contributed by atoms with Crippen LogP contribution in [0.1, 0.15) is 71.1 Å². The van der Waals surface area contributed by atoms with Crippen LogP contribution in [0.25, 0.3) is 0 Å². The van der Waals surface area contributed by atoms with Gasteiger partial charge in [0.1, 0.15) is 5.75 Å². The van der Waals surface area contributed by atoms with Crippen molar-refractivity contribution in [1.29, 1.82) is 0 Å². The molecule has 0 unspecified atom stereocenters. The molecule has 1 heterocycles. The average Bonchev–Trinajstić information content (AvgIpc) is 2.93. The number of nitrogens with one attached hydrogen (secondary N) is 1. The minimum Gasteiger partial charge on any atom is -0.497 e. The summed E-state index contributed by atoms with van der Waals surface area (Å²) < 4.78 is 45.3. The van der Waals surface area contributed by atoms with E-state index in [1.165, 1.54) is 12.1 Å². The largest absolute Gasteiger partial charge is 0.497 e. The lowest BCUT2D eigenvalue weighted by molar-refractivity contribution is -0.137. The molecule has 3 aromatic rings. The molecule has 198 valence electrons. The minimum absolute atomic E-state index is 0.0411. The summed E-state index contributed by atoms with van der Waals surface area (Å²) in [5, 5.41) is 2.72. The van der Waals surface area contributed by atoms with Crippen molar-refractivity contribution in [3.8, 4) is 5.75 Å². The van der Waals surface area contributed by atoms with Crippen LogP contribution in [0.4, 0.5) is 18.9 Å². The van der Waals surface area contributed by atoms with Crippen LogP contribution < -0.4 is 10.1 Å². The Hall–Kier alpha value is -3.81. The molecule has 1 fully saturated rings. The number of carbonyl (C=O) groups excluding carboxylic acids is 2. The van der Waals surface area contributed by atoms with Crippen LogP contribution in [0.2, 0.25) is 0 Å². The number of ether oxygens (including phenoxy) is 1. The molecule has 8 heteroatoms. The van der Waals surface area contributed by atoms with Gasteiger partial charge in [-0.3, -0.25) is 9.59 Å². The van der Waals surface area contributed by atoms with Crippen LogP contribution >= 0.6 is 0 Å². The van der Waals surface area contributed by atoms with E-state index in [4.69, 9.17) is 4.74 Å². The molecule has 1 saturated carbocycles. The first-order valence-corrected chi connectivity index (χ1v) is 12.8. The number of amides is 2. The summed E-state index contributed by atoms with van der Waals surface area (Å²) >= 11 is 0. The fraction of sp³-hybridized carbons (Fsp3) is 0.333. The maximum absolute atomic E-state index is 14.0. The highest BCUT2D eigenvalue weighted by molar-refractivity contribution is 6.04. The Morgan fingerprint density at radius 3 is 2.34 bits per heavy atom. The number of hydrogen-bond donors (Lipinski definition) is 1. The van der Waals surface area contributed by atoms with Crippen LogP contribution in [0.3, 0.4) is 0 Å². The molecule has 2 aliphatic rings. The molecular weight excluding hydrogens is 493 g/mol. The number of methoxy groups -OCH3 is 1. The first-order chi connectivity index (χ1) is 18.3. The number of benzene rings is 3. The fourth-order valence-electron chi connectivity index (χ4n) is 5.74. The van der Waals surface area contributed by atoms with Gasteiger partial charge in [0.15, 0.2) is 0 Å². The number of alkyl halides is 3. The molecule has 1 aliphatic heterocycles. The number of nitrogens with zero attached hydrogens (tertiary/aromatic N) is 1. The zero-order valence-electron chi connectivity index (χ0n) is 21.0. The Morgan fingerprint density at radius 1 is 0.947 bits per heavy atom. The summed E-state index contributed by atoms with van der Waals surface area (Å²) in [6, 6.07) is 18.3. The molecule has 0 radical (unpaired) electrons. The highest BCUT2D eigenvalue weighted by Gasteiger charge is 2.46. The van der Waals surface area contributed by atoms with E-state index < -0.39 is 29.6 Å². The molecule has 1 N–H and O–H groups in total. The van der Waals surface area contributed by atoms with Gasteiger partial charge in [-0.1, -0.05) is 55.7 Å². The van der Waals surface area contributed by atoms with Crippen LogP contribution in [-0.2, 0) is 11.0 Å². The van der Waals surface area contributed by atoms with Gasteiger partial charge < -0.3 is 15.0 Å². The molecule has 1 aliphatic carbocycles. The summed E-state index contributed by atoms with van der Waals surface area (Å²) in [6.07, 6.45) is 0.222. The highest BCUT2D eigenvalue weighted by Crippen LogP contribution is 2.46. The van der Waals surface area contributed by atoms with Crippen LogP contribution in [-0.4, -0.2) is 29.9 Å². The molecule has 0 saturated heterocycles. The number of carbonyl (C=O) groups is 2. The zero-order chi connectivity index (χ0) is 26.9. The fourth-order valence-corrected chi connectivity index (χ4v) is 5.74. The van der Waals surface area contributed by atoms with E-state index in [1.807, 2.05) is 17.0 Å². The Labute approximate surface area is 219 Å². The van der Waals surface area contributed by atoms with Gasteiger partial charge in [0.05, 0.1) is 24.6 Å². The van der Waals surface area contributed by atoms with Gasteiger partial charge in [-0.25, -0.2) is 0 Å². The third kappa shape index (κ3) is 4.99.